The molecule has 0 aromatic heterocycles. The minimum atomic E-state index is -3.81. The lowest BCUT2D eigenvalue weighted by atomic mass is 9.92. The molecule has 0 saturated heterocycles. The summed E-state index contributed by atoms with van der Waals surface area (Å²) in [6.07, 6.45) is 0.594. The van der Waals surface area contributed by atoms with E-state index in [1.54, 1.807) is 6.92 Å². The van der Waals surface area contributed by atoms with Crippen LogP contribution in [0.5, 0.6) is 0 Å². The Morgan fingerprint density at radius 3 is 2.48 bits per heavy atom. The zero-order chi connectivity index (χ0) is 17.8. The van der Waals surface area contributed by atoms with E-state index in [0.29, 0.717) is 6.42 Å². The van der Waals surface area contributed by atoms with Gasteiger partial charge in [0.25, 0.3) is 0 Å². The number of halogens is 1. The van der Waals surface area contributed by atoms with Crippen LogP contribution >= 0.6 is 11.6 Å². The van der Waals surface area contributed by atoms with E-state index >= 15 is 0 Å². The van der Waals surface area contributed by atoms with Gasteiger partial charge < -0.3 is 10.5 Å². The second-order valence-electron chi connectivity index (χ2n) is 6.10. The Kier molecular flexibility index (Phi) is 6.59. The second-order valence-corrected chi connectivity index (χ2v) is 8.19. The van der Waals surface area contributed by atoms with Crippen LogP contribution in [0.3, 0.4) is 0 Å². The molecule has 0 amide bonds. The summed E-state index contributed by atoms with van der Waals surface area (Å²) in [4.78, 5) is 11.5. The zero-order valence-corrected chi connectivity index (χ0v) is 15.3. The van der Waals surface area contributed by atoms with E-state index in [9.17, 15) is 13.2 Å². The van der Waals surface area contributed by atoms with Crippen LogP contribution in [-0.2, 0) is 14.8 Å². The van der Waals surface area contributed by atoms with Crippen LogP contribution in [0.4, 0.5) is 0 Å². The van der Waals surface area contributed by atoms with E-state index in [1.807, 2.05) is 13.8 Å². The molecule has 0 fully saturated rings. The highest BCUT2D eigenvalue weighted by molar-refractivity contribution is 7.89. The van der Waals surface area contributed by atoms with Gasteiger partial charge in [0.2, 0.25) is 10.0 Å². The lowest BCUT2D eigenvalue weighted by Crippen LogP contribution is -2.51. The standard InChI is InChI=1S/C15H23ClN2O4S/c1-10(2)8-15(3,9-17)18-23(20,21)11-5-6-12(13(16)7-11)14(19)22-4/h5-7,10,18H,8-9,17H2,1-4H3/t15-/m1/s1. The van der Waals surface area contributed by atoms with Crippen LogP contribution in [0, 0.1) is 5.92 Å². The predicted molar refractivity (Wildman–Crippen MR) is 90.0 cm³/mol. The second kappa shape index (κ2) is 7.61. The Morgan fingerprint density at radius 1 is 1.43 bits per heavy atom. The predicted octanol–water partition coefficient (Wildman–Crippen LogP) is 2.17. The maximum Gasteiger partial charge on any atom is 0.339 e. The molecule has 0 unspecified atom stereocenters. The molecule has 0 aliphatic rings. The van der Waals surface area contributed by atoms with Crippen LogP contribution in [0.25, 0.3) is 0 Å². The van der Waals surface area contributed by atoms with Gasteiger partial charge in [-0.15, -0.1) is 0 Å². The van der Waals surface area contributed by atoms with E-state index in [-0.39, 0.29) is 27.9 Å². The molecule has 3 N–H and O–H groups in total. The van der Waals surface area contributed by atoms with Crippen molar-refractivity contribution in [3.8, 4) is 0 Å². The third kappa shape index (κ3) is 5.17. The van der Waals surface area contributed by atoms with E-state index in [0.717, 1.165) is 0 Å². The summed E-state index contributed by atoms with van der Waals surface area (Å²) in [5.41, 5.74) is 5.08. The van der Waals surface area contributed by atoms with Crippen molar-refractivity contribution in [1.82, 2.24) is 4.72 Å². The van der Waals surface area contributed by atoms with Crippen molar-refractivity contribution in [2.24, 2.45) is 11.7 Å². The summed E-state index contributed by atoms with van der Waals surface area (Å²) in [6, 6.07) is 3.86. The summed E-state index contributed by atoms with van der Waals surface area (Å²) in [6.45, 7) is 5.90. The van der Waals surface area contributed by atoms with Gasteiger partial charge in [-0.3, -0.25) is 0 Å². The third-order valence-corrected chi connectivity index (χ3v) is 5.29. The highest BCUT2D eigenvalue weighted by Gasteiger charge is 2.30. The fourth-order valence-corrected chi connectivity index (χ4v) is 4.17. The molecular weight excluding hydrogens is 340 g/mol. The SMILES string of the molecule is COC(=O)c1ccc(S(=O)(=O)N[C@@](C)(CN)CC(C)C)cc1Cl. The molecule has 0 saturated carbocycles. The largest absolute Gasteiger partial charge is 0.465 e. The van der Waals surface area contributed by atoms with Crippen molar-refractivity contribution >= 4 is 27.6 Å². The number of sulfonamides is 1. The van der Waals surface area contributed by atoms with Crippen molar-refractivity contribution in [3.63, 3.8) is 0 Å². The first-order valence-electron chi connectivity index (χ1n) is 7.16. The number of methoxy groups -OCH3 is 1. The van der Waals surface area contributed by atoms with Crippen LogP contribution in [0.1, 0.15) is 37.6 Å². The molecule has 1 aromatic rings. The number of hydrogen-bond acceptors (Lipinski definition) is 5. The first-order chi connectivity index (χ1) is 10.5. The summed E-state index contributed by atoms with van der Waals surface area (Å²) < 4.78 is 32.3. The van der Waals surface area contributed by atoms with E-state index in [4.69, 9.17) is 17.3 Å². The number of ether oxygens (including phenoxy) is 1. The van der Waals surface area contributed by atoms with Gasteiger partial charge in [-0.2, -0.15) is 0 Å². The van der Waals surface area contributed by atoms with Crippen molar-refractivity contribution in [1.29, 1.82) is 0 Å². The van der Waals surface area contributed by atoms with Crippen molar-refractivity contribution in [2.45, 2.75) is 37.6 Å². The lowest BCUT2D eigenvalue weighted by molar-refractivity contribution is 0.0601. The number of hydrogen-bond donors (Lipinski definition) is 2. The molecule has 1 atom stereocenters. The van der Waals surface area contributed by atoms with E-state index in [2.05, 4.69) is 9.46 Å². The Morgan fingerprint density at radius 2 is 2.04 bits per heavy atom. The highest BCUT2D eigenvalue weighted by Crippen LogP contribution is 2.24. The van der Waals surface area contributed by atoms with Crippen molar-refractivity contribution < 1.29 is 17.9 Å². The molecule has 0 heterocycles. The first kappa shape index (κ1) is 19.9. The average molecular weight is 363 g/mol. The quantitative estimate of drug-likeness (QED) is 0.724. The minimum Gasteiger partial charge on any atom is -0.465 e. The van der Waals surface area contributed by atoms with Crippen molar-refractivity contribution in [3.05, 3.63) is 28.8 Å². The molecular formula is C15H23ClN2O4S. The Balaban J connectivity index is 3.14. The number of carbonyl (C=O) groups excluding carboxylic acids is 1. The van der Waals surface area contributed by atoms with Gasteiger partial charge >= 0.3 is 5.97 Å². The average Bonchev–Trinajstić information content (AvgIpc) is 2.44. The summed E-state index contributed by atoms with van der Waals surface area (Å²) in [7, 11) is -2.59. The summed E-state index contributed by atoms with van der Waals surface area (Å²) in [5, 5.41) is 0.0121. The zero-order valence-electron chi connectivity index (χ0n) is 13.7. The monoisotopic (exact) mass is 362 g/mol. The number of nitrogens with two attached hydrogens (primary N) is 1. The van der Waals surface area contributed by atoms with Gasteiger partial charge in [0.1, 0.15) is 0 Å². The smallest absolute Gasteiger partial charge is 0.339 e. The molecule has 0 bridgehead atoms. The fraction of sp³-hybridized carbons (Fsp3) is 0.533. The van der Waals surface area contributed by atoms with Gasteiger partial charge in [-0.1, -0.05) is 25.4 Å². The number of benzene rings is 1. The van der Waals surface area contributed by atoms with Crippen LogP contribution in [0.2, 0.25) is 5.02 Å². The summed E-state index contributed by atoms with van der Waals surface area (Å²) >= 11 is 5.98. The van der Waals surface area contributed by atoms with Gasteiger partial charge in [0.05, 0.1) is 22.6 Å². The maximum atomic E-state index is 12.5. The van der Waals surface area contributed by atoms with Crippen LogP contribution in [-0.4, -0.2) is 33.6 Å². The maximum absolute atomic E-state index is 12.5. The molecule has 1 rings (SSSR count). The number of carbonyl (C=O) groups is 1. The van der Waals surface area contributed by atoms with E-state index in [1.165, 1.54) is 25.3 Å². The molecule has 6 nitrogen and oxygen atoms in total. The number of nitrogens with one attached hydrogen (secondary N) is 1. The van der Waals surface area contributed by atoms with Gasteiger partial charge in [-0.05, 0) is 37.5 Å². The van der Waals surface area contributed by atoms with Crippen molar-refractivity contribution in [2.75, 3.05) is 13.7 Å². The van der Waals surface area contributed by atoms with Gasteiger partial charge in [-0.25, -0.2) is 17.9 Å². The molecule has 1 aromatic carbocycles. The van der Waals surface area contributed by atoms with Crippen LogP contribution in [0.15, 0.2) is 23.1 Å². The molecule has 8 heteroatoms. The van der Waals surface area contributed by atoms with E-state index < -0.39 is 21.5 Å². The molecule has 0 spiro atoms. The van der Waals surface area contributed by atoms with Gasteiger partial charge in [0, 0.05) is 12.1 Å². The summed E-state index contributed by atoms with van der Waals surface area (Å²) in [5.74, 6) is -0.352. The molecule has 0 aliphatic heterocycles. The third-order valence-electron chi connectivity index (χ3n) is 3.35. The number of esters is 1. The highest BCUT2D eigenvalue weighted by atomic mass is 35.5. The first-order valence-corrected chi connectivity index (χ1v) is 9.02. The topological polar surface area (TPSA) is 98.5 Å². The molecule has 130 valence electrons. The van der Waals surface area contributed by atoms with Gasteiger partial charge in [0.15, 0.2) is 0 Å². The molecule has 0 radical (unpaired) electrons. The minimum absolute atomic E-state index is 0.0121. The Bertz CT molecular complexity index is 676. The number of rotatable bonds is 7. The Hall–Kier alpha value is -1.15. The lowest BCUT2D eigenvalue weighted by Gasteiger charge is -2.30. The fourth-order valence-electron chi connectivity index (χ4n) is 2.39. The Labute approximate surface area is 142 Å². The normalized spacial score (nSPS) is 14.6. The molecule has 23 heavy (non-hydrogen) atoms. The van der Waals surface area contributed by atoms with Crippen LogP contribution < -0.4 is 10.5 Å². The molecule has 0 aliphatic carbocycles.